The molecular formula is C15H31NO. The molecule has 0 amide bonds. The van der Waals surface area contributed by atoms with Gasteiger partial charge in [0.15, 0.2) is 0 Å². The molecule has 0 saturated carbocycles. The molecule has 5 atom stereocenters. The zero-order chi connectivity index (χ0) is 13.2. The number of hydrogen-bond acceptors (Lipinski definition) is 2. The van der Waals surface area contributed by atoms with E-state index in [0.29, 0.717) is 35.5 Å². The van der Waals surface area contributed by atoms with E-state index in [-0.39, 0.29) is 0 Å². The van der Waals surface area contributed by atoms with Crippen molar-refractivity contribution < 1.29 is 4.74 Å². The molecule has 17 heavy (non-hydrogen) atoms. The Morgan fingerprint density at radius 2 is 1.71 bits per heavy atom. The van der Waals surface area contributed by atoms with E-state index in [1.54, 1.807) is 0 Å². The average molecular weight is 241 g/mol. The van der Waals surface area contributed by atoms with Gasteiger partial charge in [-0.3, -0.25) is 0 Å². The van der Waals surface area contributed by atoms with Gasteiger partial charge in [0.05, 0.1) is 12.2 Å². The van der Waals surface area contributed by atoms with E-state index in [9.17, 15) is 0 Å². The summed E-state index contributed by atoms with van der Waals surface area (Å²) in [4.78, 5) is 0. The maximum Gasteiger partial charge on any atom is 0.0597 e. The third-order valence-corrected chi connectivity index (χ3v) is 4.36. The van der Waals surface area contributed by atoms with Gasteiger partial charge in [-0.15, -0.1) is 0 Å². The van der Waals surface area contributed by atoms with Gasteiger partial charge in [-0.05, 0) is 45.1 Å². The minimum atomic E-state index is 0.386. The van der Waals surface area contributed by atoms with Crippen LogP contribution in [0.15, 0.2) is 0 Å². The summed E-state index contributed by atoms with van der Waals surface area (Å²) < 4.78 is 5.96. The van der Waals surface area contributed by atoms with Crippen LogP contribution in [0.4, 0.5) is 0 Å². The molecule has 2 nitrogen and oxygen atoms in total. The number of ether oxygens (including phenoxy) is 1. The summed E-state index contributed by atoms with van der Waals surface area (Å²) in [5, 5.41) is 3.52. The number of rotatable bonds is 4. The van der Waals surface area contributed by atoms with Crippen molar-refractivity contribution in [1.82, 2.24) is 5.32 Å². The first-order valence-corrected chi connectivity index (χ1v) is 7.09. The monoisotopic (exact) mass is 241 g/mol. The first kappa shape index (κ1) is 15.0. The van der Waals surface area contributed by atoms with Crippen molar-refractivity contribution in [3.05, 3.63) is 0 Å². The lowest BCUT2D eigenvalue weighted by atomic mass is 9.79. The van der Waals surface area contributed by atoms with E-state index >= 15 is 0 Å². The normalized spacial score (nSPS) is 36.2. The van der Waals surface area contributed by atoms with E-state index in [1.165, 1.54) is 12.8 Å². The topological polar surface area (TPSA) is 21.3 Å². The molecule has 1 fully saturated rings. The smallest absolute Gasteiger partial charge is 0.0597 e. The van der Waals surface area contributed by atoms with Gasteiger partial charge < -0.3 is 10.1 Å². The van der Waals surface area contributed by atoms with Crippen LogP contribution >= 0.6 is 0 Å². The summed E-state index contributed by atoms with van der Waals surface area (Å²) in [6.07, 6.45) is 3.30. The molecule has 1 aliphatic heterocycles. The molecule has 0 aromatic heterocycles. The quantitative estimate of drug-likeness (QED) is 0.814. The van der Waals surface area contributed by atoms with Crippen molar-refractivity contribution >= 4 is 0 Å². The fraction of sp³-hybridized carbons (Fsp3) is 1.00. The maximum atomic E-state index is 5.96. The Morgan fingerprint density at radius 1 is 1.12 bits per heavy atom. The molecule has 5 unspecified atom stereocenters. The number of hydrogen-bond donors (Lipinski definition) is 1. The van der Waals surface area contributed by atoms with Crippen LogP contribution in [0.25, 0.3) is 0 Å². The van der Waals surface area contributed by atoms with Crippen LogP contribution in [0.1, 0.15) is 54.4 Å². The minimum Gasteiger partial charge on any atom is -0.375 e. The predicted molar refractivity (Wildman–Crippen MR) is 74.2 cm³/mol. The van der Waals surface area contributed by atoms with Gasteiger partial charge in [-0.25, -0.2) is 0 Å². The van der Waals surface area contributed by atoms with Crippen LogP contribution in [0, 0.1) is 17.3 Å². The maximum absolute atomic E-state index is 5.96. The first-order chi connectivity index (χ1) is 7.76. The molecule has 0 spiro atoms. The van der Waals surface area contributed by atoms with E-state index in [0.717, 1.165) is 0 Å². The van der Waals surface area contributed by atoms with Crippen molar-refractivity contribution in [2.45, 2.75) is 72.6 Å². The van der Waals surface area contributed by atoms with Gasteiger partial charge in [0.2, 0.25) is 0 Å². The van der Waals surface area contributed by atoms with Crippen LogP contribution in [0.3, 0.4) is 0 Å². The summed E-state index contributed by atoms with van der Waals surface area (Å²) in [5.74, 6) is 1.31. The molecule has 1 rings (SSSR count). The highest BCUT2D eigenvalue weighted by molar-refractivity contribution is 4.91. The predicted octanol–water partition coefficient (Wildman–Crippen LogP) is 3.46. The van der Waals surface area contributed by atoms with Crippen molar-refractivity contribution in [3.8, 4) is 0 Å². The molecule has 0 aromatic rings. The molecule has 102 valence electrons. The van der Waals surface area contributed by atoms with Crippen LogP contribution in [-0.4, -0.2) is 25.3 Å². The summed E-state index contributed by atoms with van der Waals surface area (Å²) in [6.45, 7) is 13.7. The molecule has 0 radical (unpaired) electrons. The second-order valence-electron chi connectivity index (χ2n) is 6.98. The Labute approximate surface area is 108 Å². The lowest BCUT2D eigenvalue weighted by Gasteiger charge is -2.31. The Kier molecular flexibility index (Phi) is 5.03. The molecule has 0 aliphatic carbocycles. The standard InChI is InChI=1S/C15H31NO/c1-10-11(2)17-12(3)14(10)13(16-7)8-9-15(4,5)6/h10-14,16H,8-9H2,1-7H3. The van der Waals surface area contributed by atoms with Gasteiger partial charge >= 0.3 is 0 Å². The van der Waals surface area contributed by atoms with Crippen LogP contribution in [0.2, 0.25) is 0 Å². The van der Waals surface area contributed by atoms with Crippen LogP contribution < -0.4 is 5.32 Å². The summed E-state index contributed by atoms with van der Waals surface area (Å²) in [7, 11) is 2.09. The van der Waals surface area contributed by atoms with Gasteiger partial charge in [0.25, 0.3) is 0 Å². The zero-order valence-corrected chi connectivity index (χ0v) is 12.7. The Balaban J connectivity index is 2.61. The summed E-state index contributed by atoms with van der Waals surface area (Å²) in [5.41, 5.74) is 0.423. The fourth-order valence-corrected chi connectivity index (χ4v) is 3.10. The Hall–Kier alpha value is -0.0800. The van der Waals surface area contributed by atoms with Crippen molar-refractivity contribution in [2.24, 2.45) is 17.3 Å². The first-order valence-electron chi connectivity index (χ1n) is 7.09. The van der Waals surface area contributed by atoms with E-state index in [1.807, 2.05) is 0 Å². The lowest BCUT2D eigenvalue weighted by Crippen LogP contribution is -2.40. The largest absolute Gasteiger partial charge is 0.375 e. The van der Waals surface area contributed by atoms with Gasteiger partial charge in [-0.2, -0.15) is 0 Å². The molecule has 1 saturated heterocycles. The average Bonchev–Trinajstić information content (AvgIpc) is 2.43. The molecule has 1 aliphatic rings. The fourth-order valence-electron chi connectivity index (χ4n) is 3.10. The van der Waals surface area contributed by atoms with E-state index in [4.69, 9.17) is 4.74 Å². The van der Waals surface area contributed by atoms with Crippen molar-refractivity contribution in [2.75, 3.05) is 7.05 Å². The van der Waals surface area contributed by atoms with Gasteiger partial charge in [0.1, 0.15) is 0 Å². The second-order valence-corrected chi connectivity index (χ2v) is 6.98. The Morgan fingerprint density at radius 3 is 2.06 bits per heavy atom. The van der Waals surface area contributed by atoms with Crippen LogP contribution in [0.5, 0.6) is 0 Å². The van der Waals surface area contributed by atoms with Gasteiger partial charge in [-0.1, -0.05) is 27.7 Å². The molecule has 2 heteroatoms. The second kappa shape index (κ2) is 5.71. The van der Waals surface area contributed by atoms with Crippen molar-refractivity contribution in [3.63, 3.8) is 0 Å². The summed E-state index contributed by atoms with van der Waals surface area (Å²) in [6, 6.07) is 0.587. The van der Waals surface area contributed by atoms with Crippen LogP contribution in [-0.2, 0) is 4.74 Å². The third-order valence-electron chi connectivity index (χ3n) is 4.36. The third kappa shape index (κ3) is 3.96. The lowest BCUT2D eigenvalue weighted by molar-refractivity contribution is 0.0470. The highest BCUT2D eigenvalue weighted by atomic mass is 16.5. The molecule has 1 N–H and O–H groups in total. The summed E-state index contributed by atoms with van der Waals surface area (Å²) >= 11 is 0. The molecular weight excluding hydrogens is 210 g/mol. The van der Waals surface area contributed by atoms with Gasteiger partial charge in [0, 0.05) is 12.0 Å². The number of nitrogens with one attached hydrogen (secondary N) is 1. The highest BCUT2D eigenvalue weighted by Gasteiger charge is 2.41. The van der Waals surface area contributed by atoms with Crippen molar-refractivity contribution in [1.29, 1.82) is 0 Å². The highest BCUT2D eigenvalue weighted by Crippen LogP contribution is 2.36. The SMILES string of the molecule is CNC(CCC(C)(C)C)C1C(C)OC(C)C1C. The van der Waals surface area contributed by atoms with E-state index in [2.05, 4.69) is 53.9 Å². The Bertz CT molecular complexity index is 234. The molecule has 0 bridgehead atoms. The minimum absolute atomic E-state index is 0.386. The van der Waals surface area contributed by atoms with E-state index < -0.39 is 0 Å². The molecule has 1 heterocycles. The zero-order valence-electron chi connectivity index (χ0n) is 12.7. The molecule has 0 aromatic carbocycles.